The van der Waals surface area contributed by atoms with Crippen molar-refractivity contribution in [2.75, 3.05) is 0 Å². The normalized spacial score (nSPS) is 23.4. The van der Waals surface area contributed by atoms with E-state index >= 15 is 0 Å². The molecule has 4 heteroatoms. The topological polar surface area (TPSA) is 9.23 Å². The van der Waals surface area contributed by atoms with Crippen molar-refractivity contribution in [3.05, 3.63) is 47.6 Å². The van der Waals surface area contributed by atoms with Crippen LogP contribution in [0.1, 0.15) is 47.0 Å². The summed E-state index contributed by atoms with van der Waals surface area (Å²) >= 11 is 0. The van der Waals surface area contributed by atoms with E-state index in [0.29, 0.717) is 0 Å². The van der Waals surface area contributed by atoms with E-state index in [1.54, 1.807) is 0 Å². The average molecular weight is 362 g/mol. The molecule has 0 saturated carbocycles. The molecule has 0 aromatic carbocycles. The zero-order valence-corrected chi connectivity index (χ0v) is 16.2. The second kappa shape index (κ2) is 9.37. The van der Waals surface area contributed by atoms with Crippen LogP contribution >= 0.6 is 0 Å². The number of hydrogen-bond acceptors (Lipinski definition) is 1. The molecule has 1 nitrogen and oxygen atoms in total. The van der Waals surface area contributed by atoms with Crippen molar-refractivity contribution in [2.45, 2.75) is 58.2 Å². The van der Waals surface area contributed by atoms with E-state index in [4.69, 9.17) is 4.74 Å². The van der Waals surface area contributed by atoms with E-state index in [9.17, 15) is 0 Å². The van der Waals surface area contributed by atoms with Crippen molar-refractivity contribution in [1.29, 1.82) is 0 Å². The second-order valence-corrected chi connectivity index (χ2v) is 6.18. The molecule has 0 aromatic heterocycles. The maximum absolute atomic E-state index is 6.43. The number of ether oxygens (including phenoxy) is 1. The third-order valence-corrected chi connectivity index (χ3v) is 3.39. The van der Waals surface area contributed by atoms with Gasteiger partial charge in [0.05, 0.1) is 11.2 Å². The molecule has 2 aliphatic carbocycles. The molecular formula is C17H23Cl2OTi. The average Bonchev–Trinajstić information content (AvgIpc) is 2.73. The van der Waals surface area contributed by atoms with Crippen LogP contribution < -0.4 is 24.8 Å². The molecule has 0 heterocycles. The Labute approximate surface area is 156 Å². The fourth-order valence-electron chi connectivity index (χ4n) is 2.62. The van der Waals surface area contributed by atoms with Gasteiger partial charge in [0.2, 0.25) is 0 Å². The molecular weight excluding hydrogens is 339 g/mol. The maximum Gasteiger partial charge on any atom is 3.00 e. The molecule has 1 atom stereocenters. The number of allylic oxidation sites excluding steroid dienone is 5. The second-order valence-electron chi connectivity index (χ2n) is 6.18. The third kappa shape index (κ3) is 6.46. The van der Waals surface area contributed by atoms with Crippen LogP contribution in [-0.4, -0.2) is 11.2 Å². The minimum absolute atomic E-state index is 0. The molecule has 1 unspecified atom stereocenters. The molecule has 21 heavy (non-hydrogen) atoms. The Bertz CT molecular complexity index is 444. The summed E-state index contributed by atoms with van der Waals surface area (Å²) in [6.45, 7) is 8.56. The SMILES string of the molecule is CC1=CC=CCC1(CC1=[C-]CC=C1)OC(C)(C)C.[Cl-].[Cl-].[Ti+3]. The largest absolute Gasteiger partial charge is 3.00 e. The molecule has 0 aromatic rings. The standard InChI is InChI=1S/C17H23O.2ClH.Ti/c1-14-9-7-8-12-17(14,18-16(2,3)4)13-15-10-5-6-11-15;;;/h5,7-10H,6,12-13H2,1-4H3;2*1H;/q-1;;;+3/p-2. The molecule has 0 saturated heterocycles. The fraction of sp³-hybridized carbons (Fsp3) is 0.529. The first kappa shape index (κ1) is 23.5. The zero-order valence-electron chi connectivity index (χ0n) is 13.2. The van der Waals surface area contributed by atoms with Crippen molar-refractivity contribution >= 4 is 0 Å². The number of halogens is 2. The van der Waals surface area contributed by atoms with Crippen LogP contribution in [0.5, 0.6) is 0 Å². The first-order valence-corrected chi connectivity index (χ1v) is 6.72. The molecule has 1 radical (unpaired) electrons. The summed E-state index contributed by atoms with van der Waals surface area (Å²) in [4.78, 5) is 0. The minimum atomic E-state index is -0.190. The van der Waals surface area contributed by atoms with E-state index < -0.39 is 0 Å². The van der Waals surface area contributed by atoms with Gasteiger partial charge < -0.3 is 29.6 Å². The molecule has 115 valence electrons. The summed E-state index contributed by atoms with van der Waals surface area (Å²) in [5.41, 5.74) is 2.27. The van der Waals surface area contributed by atoms with E-state index in [2.05, 4.69) is 64.2 Å². The van der Waals surface area contributed by atoms with E-state index in [1.165, 1.54) is 11.1 Å². The van der Waals surface area contributed by atoms with Crippen LogP contribution in [0.4, 0.5) is 0 Å². The predicted octanol–water partition coefficient (Wildman–Crippen LogP) is -1.47. The molecule has 0 N–H and O–H groups in total. The Balaban J connectivity index is 0. The van der Waals surface area contributed by atoms with Gasteiger partial charge in [-0.2, -0.15) is 6.08 Å². The molecule has 2 aliphatic rings. The zero-order chi connectivity index (χ0) is 13.2. The van der Waals surface area contributed by atoms with Crippen molar-refractivity contribution in [3.8, 4) is 0 Å². The van der Waals surface area contributed by atoms with Gasteiger partial charge in [0.1, 0.15) is 0 Å². The first-order valence-electron chi connectivity index (χ1n) is 6.72. The van der Waals surface area contributed by atoms with Gasteiger partial charge in [-0.05, 0) is 46.1 Å². The van der Waals surface area contributed by atoms with Crippen LogP contribution in [0.2, 0.25) is 0 Å². The van der Waals surface area contributed by atoms with Crippen molar-refractivity contribution in [3.63, 3.8) is 0 Å². The molecule has 0 aliphatic heterocycles. The monoisotopic (exact) mass is 361 g/mol. The van der Waals surface area contributed by atoms with Gasteiger partial charge in [-0.1, -0.05) is 18.2 Å². The third-order valence-electron chi connectivity index (χ3n) is 3.39. The smallest absolute Gasteiger partial charge is 1.00 e. The summed E-state index contributed by atoms with van der Waals surface area (Å²) in [5.74, 6) is 0. The van der Waals surface area contributed by atoms with Crippen LogP contribution in [0.15, 0.2) is 41.5 Å². The van der Waals surface area contributed by atoms with Crippen LogP contribution in [0.25, 0.3) is 0 Å². The summed E-state index contributed by atoms with van der Waals surface area (Å²) in [6, 6.07) is 0. The van der Waals surface area contributed by atoms with Crippen LogP contribution in [0.3, 0.4) is 0 Å². The van der Waals surface area contributed by atoms with Gasteiger partial charge >= 0.3 is 21.7 Å². The van der Waals surface area contributed by atoms with Gasteiger partial charge in [-0.15, -0.1) is 6.42 Å². The van der Waals surface area contributed by atoms with Gasteiger partial charge in [-0.25, -0.2) is 11.6 Å². The van der Waals surface area contributed by atoms with Gasteiger partial charge in [0.15, 0.2) is 0 Å². The number of hydrogen-bond donors (Lipinski definition) is 0. The van der Waals surface area contributed by atoms with Crippen molar-refractivity contribution < 1.29 is 51.3 Å². The molecule has 0 bridgehead atoms. The Kier molecular flexibility index (Phi) is 10.5. The Hall–Kier alpha value is 0.214. The van der Waals surface area contributed by atoms with E-state index in [1.807, 2.05) is 0 Å². The molecule has 0 amide bonds. The minimum Gasteiger partial charge on any atom is -1.00 e. The van der Waals surface area contributed by atoms with Gasteiger partial charge in [-0.3, -0.25) is 6.08 Å². The fourth-order valence-corrected chi connectivity index (χ4v) is 2.62. The van der Waals surface area contributed by atoms with Crippen LogP contribution in [-0.2, 0) is 26.5 Å². The molecule has 0 fully saturated rings. The van der Waals surface area contributed by atoms with Gasteiger partial charge in [0.25, 0.3) is 0 Å². The van der Waals surface area contributed by atoms with Crippen molar-refractivity contribution in [2.24, 2.45) is 0 Å². The van der Waals surface area contributed by atoms with E-state index in [-0.39, 0.29) is 57.7 Å². The predicted molar refractivity (Wildman–Crippen MR) is 76.2 cm³/mol. The summed E-state index contributed by atoms with van der Waals surface area (Å²) < 4.78 is 6.43. The Morgan fingerprint density at radius 1 is 1.24 bits per heavy atom. The van der Waals surface area contributed by atoms with E-state index in [0.717, 1.165) is 19.3 Å². The maximum atomic E-state index is 6.43. The van der Waals surface area contributed by atoms with Crippen LogP contribution in [0, 0.1) is 6.08 Å². The molecule has 0 spiro atoms. The summed E-state index contributed by atoms with van der Waals surface area (Å²) in [5, 5.41) is 0. The summed E-state index contributed by atoms with van der Waals surface area (Å²) in [7, 11) is 0. The van der Waals surface area contributed by atoms with Crippen molar-refractivity contribution in [1.82, 2.24) is 0 Å². The quantitative estimate of drug-likeness (QED) is 0.440. The number of rotatable bonds is 3. The van der Waals surface area contributed by atoms with Gasteiger partial charge in [0, 0.05) is 0 Å². The summed E-state index contributed by atoms with van der Waals surface area (Å²) in [6.07, 6.45) is 17.1. The molecule has 2 rings (SSSR count). The Morgan fingerprint density at radius 2 is 1.90 bits per heavy atom. The Morgan fingerprint density at radius 3 is 2.38 bits per heavy atom. The first-order chi connectivity index (χ1) is 8.41.